The monoisotopic (exact) mass is 211 g/mol. The van der Waals surface area contributed by atoms with Crippen LogP contribution in [0.4, 0.5) is 0 Å². The van der Waals surface area contributed by atoms with E-state index in [0.29, 0.717) is 17.2 Å². The van der Waals surface area contributed by atoms with E-state index in [2.05, 4.69) is 15.1 Å². The van der Waals surface area contributed by atoms with Gasteiger partial charge in [0.25, 0.3) is 11.2 Å². The minimum atomic E-state index is 0.0684. The smallest absolute Gasteiger partial charge is 0.264 e. The third-order valence-corrected chi connectivity index (χ3v) is 1.79. The highest BCUT2D eigenvalue weighted by Gasteiger charge is 2.12. The lowest BCUT2D eigenvalue weighted by molar-refractivity contribution is 0.403. The Morgan fingerprint density at radius 3 is 3.00 bits per heavy atom. The van der Waals surface area contributed by atoms with Gasteiger partial charge in [0, 0.05) is 6.20 Å². The number of ether oxygens (including phenoxy) is 1. The Morgan fingerprint density at radius 1 is 1.50 bits per heavy atom. The van der Waals surface area contributed by atoms with Gasteiger partial charge in [0.1, 0.15) is 5.75 Å². The second-order valence-electron chi connectivity index (χ2n) is 2.44. The zero-order valence-corrected chi connectivity index (χ0v) is 8.02. The van der Waals surface area contributed by atoms with E-state index in [1.807, 2.05) is 0 Å². The van der Waals surface area contributed by atoms with E-state index < -0.39 is 0 Å². The molecule has 72 valence electrons. The third kappa shape index (κ3) is 1.54. The topological polar surface area (TPSA) is 61.0 Å². The number of hydrogen-bond acceptors (Lipinski definition) is 5. The zero-order chi connectivity index (χ0) is 9.97. The van der Waals surface area contributed by atoms with E-state index >= 15 is 0 Å². The molecule has 0 fully saturated rings. The first-order chi connectivity index (χ1) is 6.81. The summed E-state index contributed by atoms with van der Waals surface area (Å²) in [5.74, 6) is 0.877. The number of aromatic nitrogens is 3. The third-order valence-electron chi connectivity index (χ3n) is 1.64. The van der Waals surface area contributed by atoms with Gasteiger partial charge in [-0.2, -0.15) is 4.98 Å². The molecule has 14 heavy (non-hydrogen) atoms. The molecule has 2 aromatic heterocycles. The highest BCUT2D eigenvalue weighted by atomic mass is 35.5. The van der Waals surface area contributed by atoms with Gasteiger partial charge in [-0.1, -0.05) is 0 Å². The van der Waals surface area contributed by atoms with Gasteiger partial charge in [0.15, 0.2) is 0 Å². The number of hydrogen-bond donors (Lipinski definition) is 0. The van der Waals surface area contributed by atoms with Crippen molar-refractivity contribution in [1.82, 2.24) is 15.1 Å². The summed E-state index contributed by atoms with van der Waals surface area (Å²) in [5, 5.41) is 3.54. The molecule has 2 heterocycles. The first-order valence-electron chi connectivity index (χ1n) is 3.79. The molecule has 0 amide bonds. The van der Waals surface area contributed by atoms with E-state index in [0.717, 1.165) is 0 Å². The zero-order valence-electron chi connectivity index (χ0n) is 7.27. The average Bonchev–Trinajstić information content (AvgIpc) is 2.65. The van der Waals surface area contributed by atoms with Crippen LogP contribution >= 0.6 is 11.6 Å². The highest BCUT2D eigenvalue weighted by molar-refractivity contribution is 6.28. The van der Waals surface area contributed by atoms with E-state index in [-0.39, 0.29) is 5.28 Å². The Morgan fingerprint density at radius 2 is 2.36 bits per heavy atom. The van der Waals surface area contributed by atoms with E-state index in [4.69, 9.17) is 20.9 Å². The summed E-state index contributed by atoms with van der Waals surface area (Å²) in [5.41, 5.74) is 0.668. The average molecular weight is 212 g/mol. The van der Waals surface area contributed by atoms with Crippen LogP contribution in [0.5, 0.6) is 5.75 Å². The molecule has 0 saturated heterocycles. The standard InChI is InChI=1S/C8H6ClN3O2/c1-13-6-4-10-3-2-5(6)7-11-8(9)12-14-7/h2-4H,1H3. The number of halogens is 1. The fourth-order valence-corrected chi connectivity index (χ4v) is 1.15. The van der Waals surface area contributed by atoms with Crippen LogP contribution in [-0.2, 0) is 0 Å². The minimum absolute atomic E-state index is 0.0684. The van der Waals surface area contributed by atoms with Gasteiger partial charge in [0.05, 0.1) is 18.9 Å². The molecule has 0 atom stereocenters. The summed E-state index contributed by atoms with van der Waals surface area (Å²) in [6.45, 7) is 0. The molecule has 6 heteroatoms. The largest absolute Gasteiger partial charge is 0.494 e. The van der Waals surface area contributed by atoms with Crippen LogP contribution in [0.2, 0.25) is 5.28 Å². The second kappa shape index (κ2) is 3.63. The Balaban J connectivity index is 2.50. The van der Waals surface area contributed by atoms with E-state index in [1.165, 1.54) is 0 Å². The van der Waals surface area contributed by atoms with Crippen molar-refractivity contribution in [2.75, 3.05) is 7.11 Å². The maximum atomic E-state index is 5.53. The van der Waals surface area contributed by atoms with Crippen molar-refractivity contribution in [1.29, 1.82) is 0 Å². The van der Waals surface area contributed by atoms with Crippen molar-refractivity contribution in [3.05, 3.63) is 23.7 Å². The lowest BCUT2D eigenvalue weighted by Crippen LogP contribution is -1.88. The predicted molar refractivity (Wildman–Crippen MR) is 49.1 cm³/mol. The molecule has 0 saturated carbocycles. The first-order valence-corrected chi connectivity index (χ1v) is 4.16. The summed E-state index contributed by atoms with van der Waals surface area (Å²) >= 11 is 5.53. The van der Waals surface area contributed by atoms with Gasteiger partial charge < -0.3 is 9.26 Å². The molecule has 0 aliphatic heterocycles. The van der Waals surface area contributed by atoms with E-state index in [1.54, 1.807) is 25.6 Å². The summed E-state index contributed by atoms with van der Waals surface area (Å²) in [6.07, 6.45) is 3.17. The molecule has 0 aromatic carbocycles. The van der Waals surface area contributed by atoms with Crippen molar-refractivity contribution in [3.8, 4) is 17.2 Å². The Bertz CT molecular complexity index is 444. The van der Waals surface area contributed by atoms with Crippen molar-refractivity contribution < 1.29 is 9.26 Å². The van der Waals surface area contributed by atoms with Crippen molar-refractivity contribution in [3.63, 3.8) is 0 Å². The number of nitrogens with zero attached hydrogens (tertiary/aromatic N) is 3. The first kappa shape index (κ1) is 8.96. The predicted octanol–water partition coefficient (Wildman–Crippen LogP) is 1.79. The Labute approximate surface area is 84.7 Å². The van der Waals surface area contributed by atoms with Crippen LogP contribution in [0.1, 0.15) is 0 Å². The fourth-order valence-electron chi connectivity index (χ4n) is 1.03. The highest BCUT2D eigenvalue weighted by Crippen LogP contribution is 2.27. The quantitative estimate of drug-likeness (QED) is 0.758. The molecule has 0 bridgehead atoms. The lowest BCUT2D eigenvalue weighted by Gasteiger charge is -2.01. The van der Waals surface area contributed by atoms with Crippen LogP contribution in [0.3, 0.4) is 0 Å². The van der Waals surface area contributed by atoms with Gasteiger partial charge in [-0.25, -0.2) is 0 Å². The van der Waals surface area contributed by atoms with Gasteiger partial charge in [-0.15, -0.1) is 0 Å². The van der Waals surface area contributed by atoms with E-state index in [9.17, 15) is 0 Å². The van der Waals surface area contributed by atoms with Crippen LogP contribution in [0.15, 0.2) is 23.0 Å². The Kier molecular flexibility index (Phi) is 2.32. The molecule has 0 unspecified atom stereocenters. The second-order valence-corrected chi connectivity index (χ2v) is 2.78. The minimum Gasteiger partial charge on any atom is -0.494 e. The van der Waals surface area contributed by atoms with Gasteiger partial charge in [-0.05, 0) is 22.8 Å². The van der Waals surface area contributed by atoms with Crippen LogP contribution in [0.25, 0.3) is 11.5 Å². The Hall–Kier alpha value is -1.62. The maximum Gasteiger partial charge on any atom is 0.264 e. The van der Waals surface area contributed by atoms with Gasteiger partial charge >= 0.3 is 0 Å². The molecular formula is C8H6ClN3O2. The molecule has 0 aliphatic rings. The number of methoxy groups -OCH3 is 1. The molecular weight excluding hydrogens is 206 g/mol. The van der Waals surface area contributed by atoms with Crippen LogP contribution in [-0.4, -0.2) is 22.2 Å². The molecule has 0 aliphatic carbocycles. The number of pyridine rings is 1. The summed E-state index contributed by atoms with van der Waals surface area (Å²) in [4.78, 5) is 7.77. The number of rotatable bonds is 2. The molecule has 0 spiro atoms. The van der Waals surface area contributed by atoms with Crippen LogP contribution < -0.4 is 4.74 Å². The molecule has 0 N–H and O–H groups in total. The normalized spacial score (nSPS) is 10.1. The lowest BCUT2D eigenvalue weighted by atomic mass is 10.2. The SMILES string of the molecule is COc1cnccc1-c1nc(Cl)no1. The molecule has 5 nitrogen and oxygen atoms in total. The molecule has 2 rings (SSSR count). The molecule has 2 aromatic rings. The summed E-state index contributed by atoms with van der Waals surface area (Å²) < 4.78 is 9.97. The van der Waals surface area contributed by atoms with Crippen molar-refractivity contribution in [2.24, 2.45) is 0 Å². The summed E-state index contributed by atoms with van der Waals surface area (Å²) in [7, 11) is 1.54. The van der Waals surface area contributed by atoms with Crippen molar-refractivity contribution in [2.45, 2.75) is 0 Å². The maximum absolute atomic E-state index is 5.53. The molecule has 0 radical (unpaired) electrons. The van der Waals surface area contributed by atoms with Crippen molar-refractivity contribution >= 4 is 11.6 Å². The van der Waals surface area contributed by atoms with Crippen LogP contribution in [0, 0.1) is 0 Å². The van der Waals surface area contributed by atoms with Gasteiger partial charge in [-0.3, -0.25) is 4.98 Å². The van der Waals surface area contributed by atoms with Gasteiger partial charge in [0.2, 0.25) is 0 Å². The summed E-state index contributed by atoms with van der Waals surface area (Å²) in [6, 6.07) is 1.71. The fraction of sp³-hybridized carbons (Fsp3) is 0.125.